The molecule has 3 rings (SSSR count). The molecule has 0 fully saturated rings. The quantitative estimate of drug-likeness (QED) is 0.766. The molecule has 0 unspecified atom stereocenters. The summed E-state index contributed by atoms with van der Waals surface area (Å²) in [6, 6.07) is 11.2. The number of aliphatic hydroxyl groups is 1. The molecule has 1 aromatic heterocycles. The fourth-order valence-corrected chi connectivity index (χ4v) is 2.90. The van der Waals surface area contributed by atoms with Crippen LogP contribution in [0.25, 0.3) is 17.1 Å². The molecule has 0 aliphatic carbocycles. The van der Waals surface area contributed by atoms with Gasteiger partial charge in [-0.25, -0.2) is 4.98 Å². The van der Waals surface area contributed by atoms with Gasteiger partial charge in [0.15, 0.2) is 11.5 Å². The van der Waals surface area contributed by atoms with Gasteiger partial charge in [0, 0.05) is 23.6 Å². The van der Waals surface area contributed by atoms with E-state index in [2.05, 4.69) is 4.98 Å². The molecule has 124 valence electrons. The van der Waals surface area contributed by atoms with Crippen molar-refractivity contribution in [3.63, 3.8) is 0 Å². The summed E-state index contributed by atoms with van der Waals surface area (Å²) in [7, 11) is 3.11. The van der Waals surface area contributed by atoms with Crippen molar-refractivity contribution in [2.45, 2.75) is 6.61 Å². The molecule has 2 aromatic carbocycles. The number of methoxy groups -OCH3 is 2. The van der Waals surface area contributed by atoms with Crippen LogP contribution < -0.4 is 9.47 Å². The SMILES string of the molecule is COc1ccc(-c2nccn2-c2cccc(CO)c2)c(Cl)c1OC. The van der Waals surface area contributed by atoms with Gasteiger partial charge >= 0.3 is 0 Å². The second-order valence-corrected chi connectivity index (χ2v) is 5.49. The summed E-state index contributed by atoms with van der Waals surface area (Å²) in [5.41, 5.74) is 2.44. The Bertz CT molecular complexity index is 861. The second kappa shape index (κ2) is 6.95. The van der Waals surface area contributed by atoms with Gasteiger partial charge in [0.05, 0.1) is 25.8 Å². The molecule has 0 aliphatic heterocycles. The van der Waals surface area contributed by atoms with Gasteiger partial charge in [-0.2, -0.15) is 0 Å². The lowest BCUT2D eigenvalue weighted by atomic mass is 10.1. The Morgan fingerprint density at radius 2 is 2.00 bits per heavy atom. The lowest BCUT2D eigenvalue weighted by molar-refractivity contribution is 0.282. The number of nitrogens with zero attached hydrogens (tertiary/aromatic N) is 2. The number of rotatable bonds is 5. The summed E-state index contributed by atoms with van der Waals surface area (Å²) >= 11 is 6.50. The smallest absolute Gasteiger partial charge is 0.180 e. The molecule has 24 heavy (non-hydrogen) atoms. The normalized spacial score (nSPS) is 10.7. The highest BCUT2D eigenvalue weighted by atomic mass is 35.5. The first-order chi connectivity index (χ1) is 11.7. The maximum absolute atomic E-state index is 9.34. The molecule has 1 heterocycles. The Labute approximate surface area is 145 Å². The van der Waals surface area contributed by atoms with Crippen molar-refractivity contribution in [3.8, 4) is 28.6 Å². The number of ether oxygens (including phenoxy) is 2. The molecule has 0 radical (unpaired) electrons. The Balaban J connectivity index is 2.14. The van der Waals surface area contributed by atoms with Crippen LogP contribution >= 0.6 is 11.6 Å². The Kier molecular flexibility index (Phi) is 4.74. The summed E-state index contributed by atoms with van der Waals surface area (Å²) in [4.78, 5) is 4.43. The van der Waals surface area contributed by atoms with Crippen molar-refractivity contribution in [1.29, 1.82) is 0 Å². The lowest BCUT2D eigenvalue weighted by Gasteiger charge is -2.14. The highest BCUT2D eigenvalue weighted by molar-refractivity contribution is 6.35. The van der Waals surface area contributed by atoms with E-state index in [1.807, 2.05) is 41.1 Å². The molecule has 0 saturated heterocycles. The van der Waals surface area contributed by atoms with Crippen molar-refractivity contribution in [1.82, 2.24) is 9.55 Å². The summed E-state index contributed by atoms with van der Waals surface area (Å²) in [6.45, 7) is -0.0189. The number of hydrogen-bond donors (Lipinski definition) is 1. The van der Waals surface area contributed by atoms with Crippen LogP contribution in [-0.2, 0) is 6.61 Å². The number of hydrogen-bond acceptors (Lipinski definition) is 4. The highest BCUT2D eigenvalue weighted by Crippen LogP contribution is 2.41. The number of benzene rings is 2. The van der Waals surface area contributed by atoms with E-state index in [-0.39, 0.29) is 6.61 Å². The van der Waals surface area contributed by atoms with Crippen LogP contribution in [0.2, 0.25) is 5.02 Å². The van der Waals surface area contributed by atoms with Crippen LogP contribution in [0, 0.1) is 0 Å². The van der Waals surface area contributed by atoms with Crippen molar-refractivity contribution in [2.75, 3.05) is 14.2 Å². The molecule has 6 heteroatoms. The topological polar surface area (TPSA) is 56.5 Å². The molecule has 0 spiro atoms. The van der Waals surface area contributed by atoms with Gasteiger partial charge in [-0.05, 0) is 29.8 Å². The molecule has 0 aliphatic rings. The van der Waals surface area contributed by atoms with Gasteiger partial charge in [0.2, 0.25) is 0 Å². The van der Waals surface area contributed by atoms with E-state index in [0.717, 1.165) is 16.8 Å². The first-order valence-corrected chi connectivity index (χ1v) is 7.71. The zero-order valence-electron chi connectivity index (χ0n) is 13.4. The standard InChI is InChI=1S/C18H17ClN2O3/c1-23-15-7-6-14(16(19)17(15)24-2)18-20-8-9-21(18)13-5-3-4-12(10-13)11-22/h3-10,22H,11H2,1-2H3. The minimum Gasteiger partial charge on any atom is -0.493 e. The van der Waals surface area contributed by atoms with Gasteiger partial charge in [-0.15, -0.1) is 0 Å². The van der Waals surface area contributed by atoms with Crippen LogP contribution in [0.1, 0.15) is 5.56 Å². The Hall–Kier alpha value is -2.50. The Morgan fingerprint density at radius 3 is 2.71 bits per heavy atom. The van der Waals surface area contributed by atoms with Crippen LogP contribution in [0.5, 0.6) is 11.5 Å². The van der Waals surface area contributed by atoms with E-state index in [1.165, 1.54) is 0 Å². The first kappa shape index (κ1) is 16.4. The number of aliphatic hydroxyl groups excluding tert-OH is 1. The van der Waals surface area contributed by atoms with E-state index in [0.29, 0.717) is 22.3 Å². The highest BCUT2D eigenvalue weighted by Gasteiger charge is 2.18. The van der Waals surface area contributed by atoms with Crippen molar-refractivity contribution in [3.05, 3.63) is 59.4 Å². The van der Waals surface area contributed by atoms with E-state index in [1.54, 1.807) is 26.5 Å². The van der Waals surface area contributed by atoms with Crippen LogP contribution in [0.15, 0.2) is 48.8 Å². The summed E-state index contributed by atoms with van der Waals surface area (Å²) in [5, 5.41) is 9.77. The molecular weight excluding hydrogens is 328 g/mol. The van der Waals surface area contributed by atoms with E-state index in [4.69, 9.17) is 21.1 Å². The average molecular weight is 345 g/mol. The fraction of sp³-hybridized carbons (Fsp3) is 0.167. The lowest BCUT2D eigenvalue weighted by Crippen LogP contribution is -1.99. The molecule has 5 nitrogen and oxygen atoms in total. The van der Waals surface area contributed by atoms with Crippen molar-refractivity contribution in [2.24, 2.45) is 0 Å². The minimum atomic E-state index is -0.0189. The van der Waals surface area contributed by atoms with Crippen LogP contribution in [0.3, 0.4) is 0 Å². The van der Waals surface area contributed by atoms with Gasteiger partial charge in [-0.3, -0.25) is 4.57 Å². The van der Waals surface area contributed by atoms with Crippen molar-refractivity contribution < 1.29 is 14.6 Å². The maximum atomic E-state index is 9.34. The maximum Gasteiger partial charge on any atom is 0.180 e. The van der Waals surface area contributed by atoms with Gasteiger partial charge in [-0.1, -0.05) is 23.7 Å². The molecule has 0 bridgehead atoms. The summed E-state index contributed by atoms with van der Waals surface area (Å²) in [6.07, 6.45) is 3.55. The van der Waals surface area contributed by atoms with Crippen LogP contribution in [0.4, 0.5) is 0 Å². The third-order valence-electron chi connectivity index (χ3n) is 3.74. The molecule has 0 atom stereocenters. The largest absolute Gasteiger partial charge is 0.493 e. The Morgan fingerprint density at radius 1 is 1.17 bits per heavy atom. The van der Waals surface area contributed by atoms with E-state index in [9.17, 15) is 5.11 Å². The molecular formula is C18H17ClN2O3. The fourth-order valence-electron chi connectivity index (χ4n) is 2.58. The zero-order chi connectivity index (χ0) is 17.1. The third-order valence-corrected chi connectivity index (χ3v) is 4.11. The summed E-state index contributed by atoms with van der Waals surface area (Å²) < 4.78 is 12.5. The number of halogens is 1. The predicted molar refractivity (Wildman–Crippen MR) is 93.0 cm³/mol. The van der Waals surface area contributed by atoms with Gasteiger partial charge < -0.3 is 14.6 Å². The van der Waals surface area contributed by atoms with E-state index < -0.39 is 0 Å². The minimum absolute atomic E-state index is 0.0189. The van der Waals surface area contributed by atoms with Gasteiger partial charge in [0.1, 0.15) is 5.82 Å². The average Bonchev–Trinajstić information content (AvgIpc) is 3.10. The monoisotopic (exact) mass is 344 g/mol. The predicted octanol–water partition coefficient (Wildman–Crippen LogP) is 3.70. The van der Waals surface area contributed by atoms with Crippen LogP contribution in [-0.4, -0.2) is 28.9 Å². The van der Waals surface area contributed by atoms with E-state index >= 15 is 0 Å². The molecule has 3 aromatic rings. The molecule has 0 amide bonds. The number of aromatic nitrogens is 2. The number of imidazole rings is 1. The second-order valence-electron chi connectivity index (χ2n) is 5.11. The zero-order valence-corrected chi connectivity index (χ0v) is 14.1. The molecule has 1 N–H and O–H groups in total. The first-order valence-electron chi connectivity index (χ1n) is 7.34. The molecule has 0 saturated carbocycles. The third kappa shape index (κ3) is 2.84. The summed E-state index contributed by atoms with van der Waals surface area (Å²) in [5.74, 6) is 1.71. The van der Waals surface area contributed by atoms with Gasteiger partial charge in [0.25, 0.3) is 0 Å². The van der Waals surface area contributed by atoms with Crippen molar-refractivity contribution >= 4 is 11.6 Å².